The van der Waals surface area contributed by atoms with Gasteiger partial charge in [0.05, 0.1) is 0 Å². The third kappa shape index (κ3) is 6.49. The first-order chi connectivity index (χ1) is 21.5. The summed E-state index contributed by atoms with van der Waals surface area (Å²) in [5, 5.41) is 0. The Morgan fingerprint density at radius 3 is 1.43 bits per heavy atom. The summed E-state index contributed by atoms with van der Waals surface area (Å²) in [6.07, 6.45) is 2.66. The molecule has 1 unspecified atom stereocenters. The Kier molecular flexibility index (Phi) is 10.3. The molecule has 0 saturated carbocycles. The molecule has 0 aliphatic heterocycles. The van der Waals surface area contributed by atoms with Gasteiger partial charge < -0.3 is 0 Å². The van der Waals surface area contributed by atoms with Crippen LogP contribution in [0.4, 0.5) is 0 Å². The molecule has 0 bridgehead atoms. The average Bonchev–Trinajstić information content (AvgIpc) is 3.53. The van der Waals surface area contributed by atoms with Crippen molar-refractivity contribution < 1.29 is 21.3 Å². The zero-order valence-corrected chi connectivity index (χ0v) is 32.7. The molecule has 0 fully saturated rings. The first kappa shape index (κ1) is 35.5. The summed E-state index contributed by atoms with van der Waals surface area (Å²) in [5.41, 5.74) is 16.2. The molecule has 5 aromatic carbocycles. The Morgan fingerprint density at radius 2 is 0.957 bits per heavy atom. The second-order valence-corrected chi connectivity index (χ2v) is 21.4. The third-order valence-electron chi connectivity index (χ3n) is 9.94. The van der Waals surface area contributed by atoms with E-state index in [-0.39, 0.29) is 35.6 Å². The van der Waals surface area contributed by atoms with E-state index in [0.29, 0.717) is 7.25 Å². The molecule has 0 saturated heterocycles. The number of benzene rings is 5. The summed E-state index contributed by atoms with van der Waals surface area (Å²) in [5.74, 6) is 0. The van der Waals surface area contributed by atoms with E-state index in [1.807, 2.05) is 0 Å². The Morgan fingerprint density at radius 1 is 0.511 bits per heavy atom. The monoisotopic (exact) mass is 734 g/mol. The van der Waals surface area contributed by atoms with Crippen molar-refractivity contribution in [3.63, 3.8) is 0 Å². The molecule has 7 rings (SSSR count). The van der Waals surface area contributed by atoms with E-state index >= 15 is 0 Å². The van der Waals surface area contributed by atoms with Crippen molar-refractivity contribution in [2.75, 3.05) is 0 Å². The van der Waals surface area contributed by atoms with Crippen LogP contribution in [-0.2, 0) is 32.1 Å². The topological polar surface area (TPSA) is 0 Å². The summed E-state index contributed by atoms with van der Waals surface area (Å²) in [7, 11) is 0. The summed E-state index contributed by atoms with van der Waals surface area (Å²) in [6, 6.07) is 46.8. The van der Waals surface area contributed by atoms with Gasteiger partial charge in [-0.25, -0.2) is 0 Å². The summed E-state index contributed by atoms with van der Waals surface area (Å²) >= 11 is -2.86. The fourth-order valence-electron chi connectivity index (χ4n) is 7.53. The first-order valence-electron chi connectivity index (χ1n) is 16.4. The average molecular weight is 737 g/mol. The van der Waals surface area contributed by atoms with Gasteiger partial charge in [-0.15, -0.1) is 24.8 Å². The van der Waals surface area contributed by atoms with Gasteiger partial charge >= 0.3 is 280 Å². The number of hydrogen-bond acceptors (Lipinski definition) is 0. The van der Waals surface area contributed by atoms with E-state index in [0.717, 1.165) is 0 Å². The van der Waals surface area contributed by atoms with Gasteiger partial charge in [-0.05, 0) is 0 Å². The normalized spacial score (nSPS) is 15.0. The van der Waals surface area contributed by atoms with E-state index < -0.39 is 21.3 Å². The number of halogens is 2. The van der Waals surface area contributed by atoms with Crippen LogP contribution in [0.5, 0.6) is 0 Å². The maximum atomic E-state index is 2.66. The Bertz CT molecular complexity index is 1870. The van der Waals surface area contributed by atoms with Crippen LogP contribution in [0.15, 0.2) is 127 Å². The SMILES string of the molecule is CC1=C[CH]([Zr](=[C](c2ccccc2)c2ccccc2)[CH]2c3cc(C(C)(C)C)ccc3-c3ccc(C(C)(C)C)cc32)c2ccccc21.Cl.Cl. The number of rotatable bonds is 4. The van der Waals surface area contributed by atoms with E-state index in [2.05, 4.69) is 176 Å². The smallest absolute Gasteiger partial charge is 0.147 e. The van der Waals surface area contributed by atoms with Crippen LogP contribution >= 0.6 is 24.8 Å². The maximum Gasteiger partial charge on any atom is -0.147 e. The summed E-state index contributed by atoms with van der Waals surface area (Å²) < 4.78 is 2.44. The van der Waals surface area contributed by atoms with Crippen LogP contribution in [0, 0.1) is 0 Å². The van der Waals surface area contributed by atoms with E-state index in [1.54, 1.807) is 14.3 Å². The van der Waals surface area contributed by atoms with Crippen molar-refractivity contribution in [1.29, 1.82) is 0 Å². The predicted octanol–water partition coefficient (Wildman–Crippen LogP) is 12.2. The molecule has 2 aliphatic rings. The van der Waals surface area contributed by atoms with E-state index in [9.17, 15) is 0 Å². The Hall–Kier alpha value is -2.83. The van der Waals surface area contributed by atoms with Crippen LogP contribution in [0.25, 0.3) is 16.7 Å². The number of fused-ring (bicyclic) bond motifs is 4. The van der Waals surface area contributed by atoms with Gasteiger partial charge in [-0.3, -0.25) is 0 Å². The third-order valence-corrected chi connectivity index (χ3v) is 18.7. The van der Waals surface area contributed by atoms with Crippen molar-refractivity contribution in [2.45, 2.75) is 66.5 Å². The minimum Gasteiger partial charge on any atom is -0.147 e. The molecule has 0 nitrogen and oxygen atoms in total. The van der Waals surface area contributed by atoms with Gasteiger partial charge in [0, 0.05) is 0 Å². The first-order valence-corrected chi connectivity index (χ1v) is 20.5. The maximum absolute atomic E-state index is 2.86. The molecule has 0 aromatic heterocycles. The van der Waals surface area contributed by atoms with Gasteiger partial charge in [0.1, 0.15) is 0 Å². The van der Waals surface area contributed by atoms with Crippen LogP contribution in [0.1, 0.15) is 100 Å². The Labute approximate surface area is 302 Å². The van der Waals surface area contributed by atoms with Gasteiger partial charge in [0.25, 0.3) is 0 Å². The predicted molar refractivity (Wildman–Crippen MR) is 205 cm³/mol. The second kappa shape index (κ2) is 13.6. The second-order valence-electron chi connectivity index (χ2n) is 15.0. The molecule has 5 aromatic rings. The van der Waals surface area contributed by atoms with Crippen molar-refractivity contribution >= 4 is 33.6 Å². The molecule has 0 radical (unpaired) electrons. The van der Waals surface area contributed by atoms with Crippen molar-refractivity contribution in [2.24, 2.45) is 0 Å². The molecular weight excluding hydrogens is 691 g/mol. The van der Waals surface area contributed by atoms with Crippen LogP contribution in [0.3, 0.4) is 0 Å². The minimum absolute atomic E-state index is 0. The fraction of sp³-hybridized carbons (Fsp3) is 0.250. The standard InChI is InChI=1S/C21H25.C13H10.C10H9.2ClH.Zr/c1-20(2,3)16-7-9-18-14(12-16)11-15-13-17(21(4,5)6)8-10-19(15)18;1-3-7-12(8-4-1)11-13-9-5-2-6-10-13;1-8-6-7-9-4-2-3-5-10(8)9;;;/h7-13H,1-6H3;1-10H;2-7H,1H3;2*1H;. The zero-order chi connectivity index (χ0) is 31.5. The van der Waals surface area contributed by atoms with Crippen LogP contribution in [0.2, 0.25) is 0 Å². The van der Waals surface area contributed by atoms with Crippen molar-refractivity contribution in [3.8, 4) is 11.1 Å². The zero-order valence-electron chi connectivity index (χ0n) is 28.6. The van der Waals surface area contributed by atoms with E-state index in [1.165, 1.54) is 50.1 Å². The van der Waals surface area contributed by atoms with Gasteiger partial charge in [-0.1, -0.05) is 0 Å². The van der Waals surface area contributed by atoms with Gasteiger partial charge in [0.2, 0.25) is 0 Å². The van der Waals surface area contributed by atoms with Crippen molar-refractivity contribution in [1.82, 2.24) is 0 Å². The van der Waals surface area contributed by atoms with Gasteiger partial charge in [-0.2, -0.15) is 0 Å². The van der Waals surface area contributed by atoms with Crippen molar-refractivity contribution in [3.05, 3.63) is 172 Å². The minimum atomic E-state index is -2.86. The quantitative estimate of drug-likeness (QED) is 0.172. The molecule has 3 heteroatoms. The fourth-order valence-corrected chi connectivity index (χ4v) is 17.7. The number of hydrogen-bond donors (Lipinski definition) is 0. The number of allylic oxidation sites excluding steroid dienone is 2. The van der Waals surface area contributed by atoms with Crippen LogP contribution < -0.4 is 0 Å². The molecule has 240 valence electrons. The molecule has 0 heterocycles. The Balaban J connectivity index is 0.00000217. The molecule has 2 aliphatic carbocycles. The molecule has 0 amide bonds. The van der Waals surface area contributed by atoms with Crippen LogP contribution in [-0.4, -0.2) is 3.21 Å². The summed E-state index contributed by atoms with van der Waals surface area (Å²) in [4.78, 5) is 0. The molecule has 0 N–H and O–H groups in total. The van der Waals surface area contributed by atoms with Gasteiger partial charge in [0.15, 0.2) is 0 Å². The molecular formula is C44H46Cl2Zr. The summed E-state index contributed by atoms with van der Waals surface area (Å²) in [6.45, 7) is 16.5. The van der Waals surface area contributed by atoms with E-state index in [4.69, 9.17) is 0 Å². The molecule has 0 spiro atoms. The largest absolute Gasteiger partial charge is 0.147 e. The molecule has 47 heavy (non-hydrogen) atoms. The molecule has 1 atom stereocenters.